The minimum absolute atomic E-state index is 0.0321. The Morgan fingerprint density at radius 2 is 2.10 bits per heavy atom. The number of nitrogens with zero attached hydrogens (tertiary/aromatic N) is 1. The lowest BCUT2D eigenvalue weighted by Crippen LogP contribution is -2.59. The molecule has 0 aliphatic heterocycles. The molecule has 1 aromatic rings. The van der Waals surface area contributed by atoms with E-state index < -0.39 is 11.5 Å². The van der Waals surface area contributed by atoms with E-state index in [9.17, 15) is 14.7 Å². The number of aromatic nitrogens is 1. The highest BCUT2D eigenvalue weighted by molar-refractivity contribution is 7.09. The van der Waals surface area contributed by atoms with Crippen molar-refractivity contribution in [1.29, 1.82) is 0 Å². The molecule has 20 heavy (non-hydrogen) atoms. The third kappa shape index (κ3) is 3.00. The highest BCUT2D eigenvalue weighted by Gasteiger charge is 2.45. The molecule has 0 spiro atoms. The Hall–Kier alpha value is -1.43. The summed E-state index contributed by atoms with van der Waals surface area (Å²) in [6, 6.07) is 0. The molecule has 1 heterocycles. The maximum atomic E-state index is 12.0. The van der Waals surface area contributed by atoms with Gasteiger partial charge in [-0.2, -0.15) is 0 Å². The predicted octanol–water partition coefficient (Wildman–Crippen LogP) is 2.11. The molecule has 1 aliphatic carbocycles. The summed E-state index contributed by atoms with van der Waals surface area (Å²) in [5.41, 5.74) is -0.368. The molecular weight excluding hydrogens is 276 g/mol. The number of hydrogen-bond acceptors (Lipinski definition) is 4. The SMILES string of the molecule is CC(C)(C)c1nc(CC(=O)NC2(C(=O)O)CCC2)cs1. The van der Waals surface area contributed by atoms with Gasteiger partial charge in [-0.3, -0.25) is 4.79 Å². The molecular formula is C14H20N2O3S. The van der Waals surface area contributed by atoms with Crippen LogP contribution in [0, 0.1) is 0 Å². The van der Waals surface area contributed by atoms with Gasteiger partial charge in [0.15, 0.2) is 0 Å². The normalized spacial score (nSPS) is 17.4. The van der Waals surface area contributed by atoms with Crippen molar-refractivity contribution in [2.75, 3.05) is 0 Å². The summed E-state index contributed by atoms with van der Waals surface area (Å²) < 4.78 is 0. The lowest BCUT2D eigenvalue weighted by atomic mass is 9.76. The average molecular weight is 296 g/mol. The summed E-state index contributed by atoms with van der Waals surface area (Å²) in [6.07, 6.45) is 2.01. The van der Waals surface area contributed by atoms with Crippen LogP contribution in [0.15, 0.2) is 5.38 Å². The van der Waals surface area contributed by atoms with E-state index >= 15 is 0 Å². The summed E-state index contributed by atoms with van der Waals surface area (Å²) in [5, 5.41) is 14.7. The number of hydrogen-bond donors (Lipinski definition) is 2. The molecule has 0 radical (unpaired) electrons. The van der Waals surface area contributed by atoms with E-state index in [2.05, 4.69) is 31.1 Å². The lowest BCUT2D eigenvalue weighted by Gasteiger charge is -2.38. The van der Waals surface area contributed by atoms with Crippen LogP contribution in [-0.4, -0.2) is 27.5 Å². The number of carboxylic acids is 1. The smallest absolute Gasteiger partial charge is 0.329 e. The monoisotopic (exact) mass is 296 g/mol. The first kappa shape index (κ1) is 15.0. The van der Waals surface area contributed by atoms with Crippen molar-refractivity contribution < 1.29 is 14.7 Å². The number of aliphatic carboxylic acids is 1. The molecule has 5 nitrogen and oxygen atoms in total. The lowest BCUT2D eigenvalue weighted by molar-refractivity contribution is -0.151. The number of carboxylic acid groups (broad SMARTS) is 1. The third-order valence-corrected chi connectivity index (χ3v) is 4.85. The van der Waals surface area contributed by atoms with Gasteiger partial charge in [0.05, 0.1) is 17.1 Å². The second kappa shape index (κ2) is 5.16. The van der Waals surface area contributed by atoms with Crippen molar-refractivity contribution in [2.45, 2.75) is 57.4 Å². The second-order valence-corrected chi connectivity index (χ2v) is 7.22. The summed E-state index contributed by atoms with van der Waals surface area (Å²) in [7, 11) is 0. The van der Waals surface area contributed by atoms with Crippen LogP contribution in [0.3, 0.4) is 0 Å². The predicted molar refractivity (Wildman–Crippen MR) is 76.9 cm³/mol. The van der Waals surface area contributed by atoms with E-state index in [0.717, 1.165) is 11.4 Å². The van der Waals surface area contributed by atoms with Gasteiger partial charge >= 0.3 is 5.97 Å². The van der Waals surface area contributed by atoms with Gasteiger partial charge in [0, 0.05) is 10.8 Å². The average Bonchev–Trinajstić information content (AvgIpc) is 2.70. The van der Waals surface area contributed by atoms with Crippen molar-refractivity contribution in [1.82, 2.24) is 10.3 Å². The van der Waals surface area contributed by atoms with E-state index in [1.54, 1.807) is 0 Å². The first-order valence-electron chi connectivity index (χ1n) is 6.72. The molecule has 0 saturated heterocycles. The quantitative estimate of drug-likeness (QED) is 0.892. The molecule has 1 aliphatic rings. The Bertz CT molecular complexity index is 527. The van der Waals surface area contributed by atoms with Gasteiger partial charge in [-0.1, -0.05) is 20.8 Å². The van der Waals surface area contributed by atoms with Crippen LogP contribution in [0.4, 0.5) is 0 Å². The fourth-order valence-corrected chi connectivity index (χ4v) is 3.04. The van der Waals surface area contributed by atoms with Crippen LogP contribution in [-0.2, 0) is 21.4 Å². The first-order valence-corrected chi connectivity index (χ1v) is 7.60. The molecule has 0 aromatic carbocycles. The van der Waals surface area contributed by atoms with Gasteiger partial charge in [0.2, 0.25) is 5.91 Å². The highest BCUT2D eigenvalue weighted by atomic mass is 32.1. The third-order valence-electron chi connectivity index (χ3n) is 3.53. The van der Waals surface area contributed by atoms with Gasteiger partial charge in [-0.15, -0.1) is 11.3 Å². The molecule has 1 saturated carbocycles. The highest BCUT2D eigenvalue weighted by Crippen LogP contribution is 2.32. The van der Waals surface area contributed by atoms with Crippen molar-refractivity contribution in [3.63, 3.8) is 0 Å². The zero-order chi connectivity index (χ0) is 15.0. The molecule has 2 rings (SSSR count). The van der Waals surface area contributed by atoms with Gasteiger partial charge in [0.1, 0.15) is 5.54 Å². The van der Waals surface area contributed by atoms with Crippen LogP contribution in [0.2, 0.25) is 0 Å². The Kier molecular flexibility index (Phi) is 3.86. The number of nitrogens with one attached hydrogen (secondary N) is 1. The summed E-state index contributed by atoms with van der Waals surface area (Å²) in [6.45, 7) is 6.22. The van der Waals surface area contributed by atoms with Crippen LogP contribution in [0.25, 0.3) is 0 Å². The summed E-state index contributed by atoms with van der Waals surface area (Å²) in [4.78, 5) is 27.6. The van der Waals surface area contributed by atoms with Crippen LogP contribution >= 0.6 is 11.3 Å². The number of amides is 1. The van der Waals surface area contributed by atoms with Crippen molar-refractivity contribution in [2.24, 2.45) is 0 Å². The standard InChI is InChI=1S/C14H20N2O3S/c1-13(2,3)11-15-9(8-20-11)7-10(17)16-14(12(18)19)5-4-6-14/h8H,4-7H2,1-3H3,(H,16,17)(H,18,19). The molecule has 2 N–H and O–H groups in total. The molecule has 1 aromatic heterocycles. The number of carbonyl (C=O) groups excluding carboxylic acids is 1. The Morgan fingerprint density at radius 3 is 2.50 bits per heavy atom. The van der Waals surface area contributed by atoms with Gasteiger partial charge in [0.25, 0.3) is 0 Å². The van der Waals surface area contributed by atoms with Gasteiger partial charge < -0.3 is 10.4 Å². The second-order valence-electron chi connectivity index (χ2n) is 6.36. The molecule has 1 fully saturated rings. The topological polar surface area (TPSA) is 79.3 Å². The minimum atomic E-state index is -1.04. The Balaban J connectivity index is 1.98. The van der Waals surface area contributed by atoms with Gasteiger partial charge in [-0.05, 0) is 19.3 Å². The fraction of sp³-hybridized carbons (Fsp3) is 0.643. The fourth-order valence-electron chi connectivity index (χ4n) is 2.13. The first-order chi connectivity index (χ1) is 9.23. The Labute approximate surface area is 122 Å². The zero-order valence-corrected chi connectivity index (χ0v) is 12.8. The molecule has 110 valence electrons. The number of carbonyl (C=O) groups is 2. The van der Waals surface area contributed by atoms with E-state index in [-0.39, 0.29) is 17.7 Å². The summed E-state index contributed by atoms with van der Waals surface area (Å²) >= 11 is 1.54. The van der Waals surface area contributed by atoms with Crippen molar-refractivity contribution in [3.05, 3.63) is 16.1 Å². The molecule has 0 bridgehead atoms. The van der Waals surface area contributed by atoms with Crippen LogP contribution in [0.1, 0.15) is 50.7 Å². The molecule has 1 amide bonds. The van der Waals surface area contributed by atoms with Crippen LogP contribution < -0.4 is 5.32 Å². The number of thiazole rings is 1. The maximum Gasteiger partial charge on any atom is 0.329 e. The molecule has 6 heteroatoms. The molecule has 0 unspecified atom stereocenters. The van der Waals surface area contributed by atoms with Gasteiger partial charge in [-0.25, -0.2) is 9.78 Å². The van der Waals surface area contributed by atoms with Crippen LogP contribution in [0.5, 0.6) is 0 Å². The van der Waals surface area contributed by atoms with E-state index in [0.29, 0.717) is 18.5 Å². The van der Waals surface area contributed by atoms with Crippen molar-refractivity contribution >= 4 is 23.2 Å². The number of rotatable bonds is 4. The Morgan fingerprint density at radius 1 is 1.45 bits per heavy atom. The molecule has 0 atom stereocenters. The zero-order valence-electron chi connectivity index (χ0n) is 12.0. The van der Waals surface area contributed by atoms with E-state index in [1.807, 2.05) is 5.38 Å². The maximum absolute atomic E-state index is 12.0. The van der Waals surface area contributed by atoms with Crippen molar-refractivity contribution in [3.8, 4) is 0 Å². The van der Waals surface area contributed by atoms with E-state index in [1.165, 1.54) is 11.3 Å². The largest absolute Gasteiger partial charge is 0.480 e. The minimum Gasteiger partial charge on any atom is -0.480 e. The summed E-state index contributed by atoms with van der Waals surface area (Å²) in [5.74, 6) is -1.20. The van der Waals surface area contributed by atoms with E-state index in [4.69, 9.17) is 0 Å².